The number of halogens is 1. The van der Waals surface area contributed by atoms with Gasteiger partial charge in [-0.15, -0.1) is 0 Å². The van der Waals surface area contributed by atoms with Crippen LogP contribution in [0.3, 0.4) is 0 Å². The molecule has 6 nitrogen and oxygen atoms in total. The molecule has 4 rings (SSSR count). The summed E-state index contributed by atoms with van der Waals surface area (Å²) in [6, 6.07) is 8.14. The molecule has 0 saturated carbocycles. The van der Waals surface area contributed by atoms with Crippen LogP contribution < -0.4 is 10.6 Å². The number of aromatic nitrogens is 2. The average Bonchev–Trinajstić information content (AvgIpc) is 3.30. The van der Waals surface area contributed by atoms with Gasteiger partial charge in [-0.1, -0.05) is 30.7 Å². The smallest absolute Gasteiger partial charge is 0.277 e. The molecular formula is C17H19ClN4O2. The molecule has 3 N–H and O–H groups in total. The zero-order chi connectivity index (χ0) is 16.7. The number of ether oxygens (including phenoxy) is 1. The SMILES string of the molecule is CCc1[nH]nc(C(=O)Nc2ccc([C@@H]3O[C@H]4CN[C@@H]3C4)cc2)c1Cl. The van der Waals surface area contributed by atoms with E-state index in [1.807, 2.05) is 31.2 Å². The van der Waals surface area contributed by atoms with Crippen LogP contribution in [0, 0.1) is 0 Å². The standard InChI is InChI=1S/C17H19ClN4O2/c1-2-12-14(18)15(22-21-12)17(23)20-10-5-3-9(4-6-10)16-13-7-11(24-16)8-19-13/h3-6,11,13,16,19H,2,7-8H2,1H3,(H,20,23)(H,21,22)/t11-,13-,16+/m1/s1. The van der Waals surface area contributed by atoms with Gasteiger partial charge in [-0.25, -0.2) is 0 Å². The highest BCUT2D eigenvalue weighted by Gasteiger charge is 2.41. The summed E-state index contributed by atoms with van der Waals surface area (Å²) in [5.41, 5.74) is 2.81. The van der Waals surface area contributed by atoms with Crippen molar-refractivity contribution in [2.75, 3.05) is 11.9 Å². The summed E-state index contributed by atoms with van der Waals surface area (Å²) >= 11 is 6.15. The summed E-state index contributed by atoms with van der Waals surface area (Å²) in [6.07, 6.45) is 2.20. The van der Waals surface area contributed by atoms with E-state index in [1.54, 1.807) is 0 Å². The van der Waals surface area contributed by atoms with Crippen LogP contribution in [0.5, 0.6) is 0 Å². The number of aromatic amines is 1. The number of H-pyrrole nitrogens is 1. The Morgan fingerprint density at radius 3 is 2.79 bits per heavy atom. The van der Waals surface area contributed by atoms with E-state index in [2.05, 4.69) is 20.8 Å². The number of morpholine rings is 1. The van der Waals surface area contributed by atoms with E-state index in [9.17, 15) is 4.79 Å². The van der Waals surface area contributed by atoms with Gasteiger partial charge in [0, 0.05) is 18.3 Å². The van der Waals surface area contributed by atoms with Crippen LogP contribution in [0.25, 0.3) is 0 Å². The van der Waals surface area contributed by atoms with Crippen LogP contribution in [-0.2, 0) is 11.2 Å². The van der Waals surface area contributed by atoms with E-state index >= 15 is 0 Å². The number of rotatable bonds is 4. The fourth-order valence-corrected chi connectivity index (χ4v) is 3.68. The van der Waals surface area contributed by atoms with Gasteiger partial charge in [0.25, 0.3) is 5.91 Å². The minimum atomic E-state index is -0.318. The highest BCUT2D eigenvalue weighted by molar-refractivity contribution is 6.34. The number of hydrogen-bond acceptors (Lipinski definition) is 4. The molecular weight excluding hydrogens is 328 g/mol. The summed E-state index contributed by atoms with van der Waals surface area (Å²) in [5.74, 6) is -0.318. The Bertz CT molecular complexity index is 758. The van der Waals surface area contributed by atoms with Crippen LogP contribution in [0.15, 0.2) is 24.3 Å². The molecule has 24 heavy (non-hydrogen) atoms. The molecule has 2 fully saturated rings. The minimum Gasteiger partial charge on any atom is -0.367 e. The van der Waals surface area contributed by atoms with Gasteiger partial charge in [-0.3, -0.25) is 9.89 Å². The first-order chi connectivity index (χ1) is 11.7. The summed E-state index contributed by atoms with van der Waals surface area (Å²) in [7, 11) is 0. The van der Waals surface area contributed by atoms with Crippen molar-refractivity contribution in [1.29, 1.82) is 0 Å². The molecule has 1 amide bonds. The number of carbonyl (C=O) groups excluding carboxylic acids is 1. The third kappa shape index (κ3) is 2.70. The van der Waals surface area contributed by atoms with Gasteiger partial charge in [-0.05, 0) is 30.5 Å². The van der Waals surface area contributed by atoms with Crippen LogP contribution in [0.2, 0.25) is 5.02 Å². The quantitative estimate of drug-likeness (QED) is 0.795. The predicted molar refractivity (Wildman–Crippen MR) is 91.4 cm³/mol. The van der Waals surface area contributed by atoms with E-state index in [4.69, 9.17) is 16.3 Å². The zero-order valence-corrected chi connectivity index (χ0v) is 14.1. The first-order valence-corrected chi connectivity index (χ1v) is 8.56. The fraction of sp³-hybridized carbons (Fsp3) is 0.412. The molecule has 3 atom stereocenters. The highest BCUT2D eigenvalue weighted by atomic mass is 35.5. The monoisotopic (exact) mass is 346 g/mol. The molecule has 7 heteroatoms. The average molecular weight is 347 g/mol. The maximum atomic E-state index is 12.3. The Morgan fingerprint density at radius 2 is 2.21 bits per heavy atom. The lowest BCUT2D eigenvalue weighted by atomic mass is 10.0. The number of fused-ring (bicyclic) bond motifs is 2. The van der Waals surface area contributed by atoms with Crippen molar-refractivity contribution in [1.82, 2.24) is 15.5 Å². The first-order valence-electron chi connectivity index (χ1n) is 8.18. The van der Waals surface area contributed by atoms with Crippen LogP contribution >= 0.6 is 11.6 Å². The number of aryl methyl sites for hydroxylation is 1. The topological polar surface area (TPSA) is 79.0 Å². The van der Waals surface area contributed by atoms with Crippen molar-refractivity contribution < 1.29 is 9.53 Å². The molecule has 2 saturated heterocycles. The van der Waals surface area contributed by atoms with Gasteiger partial charge in [0.15, 0.2) is 5.69 Å². The Morgan fingerprint density at radius 1 is 1.42 bits per heavy atom. The van der Waals surface area contributed by atoms with Crippen molar-refractivity contribution >= 4 is 23.2 Å². The predicted octanol–water partition coefficient (Wildman–Crippen LogP) is 2.68. The number of nitrogens with zero attached hydrogens (tertiary/aromatic N) is 1. The maximum Gasteiger partial charge on any atom is 0.277 e. The molecule has 1 aromatic heterocycles. The second kappa shape index (κ2) is 6.20. The summed E-state index contributed by atoms with van der Waals surface area (Å²) in [4.78, 5) is 12.3. The Hall–Kier alpha value is -1.89. The van der Waals surface area contributed by atoms with Crippen LogP contribution in [-0.4, -0.2) is 34.8 Å². The fourth-order valence-electron chi connectivity index (χ4n) is 3.38. The van der Waals surface area contributed by atoms with Gasteiger partial charge in [0.05, 0.1) is 22.9 Å². The third-order valence-electron chi connectivity index (χ3n) is 4.67. The number of hydrogen-bond donors (Lipinski definition) is 3. The van der Waals surface area contributed by atoms with Gasteiger partial charge >= 0.3 is 0 Å². The van der Waals surface area contributed by atoms with Crippen molar-refractivity contribution in [2.24, 2.45) is 0 Å². The normalized spacial score (nSPS) is 25.2. The second-order valence-electron chi connectivity index (χ2n) is 6.22. The van der Waals surface area contributed by atoms with E-state index in [0.717, 1.165) is 24.2 Å². The number of benzene rings is 1. The third-order valence-corrected chi connectivity index (χ3v) is 5.08. The second-order valence-corrected chi connectivity index (χ2v) is 6.60. The van der Waals surface area contributed by atoms with Gasteiger partial charge in [0.1, 0.15) is 0 Å². The molecule has 0 spiro atoms. The molecule has 2 bridgehead atoms. The molecule has 0 unspecified atom stereocenters. The van der Waals surface area contributed by atoms with E-state index in [-0.39, 0.29) is 17.7 Å². The lowest BCUT2D eigenvalue weighted by Gasteiger charge is -2.23. The molecule has 0 aliphatic carbocycles. The van der Waals surface area contributed by atoms with E-state index in [0.29, 0.717) is 29.3 Å². The van der Waals surface area contributed by atoms with Crippen molar-refractivity contribution in [3.8, 4) is 0 Å². The highest BCUT2D eigenvalue weighted by Crippen LogP contribution is 2.37. The zero-order valence-electron chi connectivity index (χ0n) is 13.3. The number of amides is 1. The van der Waals surface area contributed by atoms with E-state index in [1.165, 1.54) is 0 Å². The minimum absolute atomic E-state index is 0.0985. The first kappa shape index (κ1) is 15.6. The molecule has 1 aromatic carbocycles. The number of anilines is 1. The van der Waals surface area contributed by atoms with Crippen LogP contribution in [0.1, 0.15) is 41.2 Å². The van der Waals surface area contributed by atoms with Gasteiger partial charge in [0.2, 0.25) is 0 Å². The summed E-state index contributed by atoms with van der Waals surface area (Å²) < 4.78 is 5.99. The van der Waals surface area contributed by atoms with Crippen molar-refractivity contribution in [3.05, 3.63) is 46.2 Å². The molecule has 2 aliphatic heterocycles. The Balaban J connectivity index is 1.45. The molecule has 2 aliphatic rings. The van der Waals surface area contributed by atoms with E-state index < -0.39 is 0 Å². The Labute approximate surface area is 144 Å². The maximum absolute atomic E-state index is 12.3. The number of nitrogens with one attached hydrogen (secondary N) is 3. The molecule has 126 valence electrons. The van der Waals surface area contributed by atoms with Crippen molar-refractivity contribution in [3.63, 3.8) is 0 Å². The summed E-state index contributed by atoms with van der Waals surface area (Å²) in [6.45, 7) is 2.89. The lowest BCUT2D eigenvalue weighted by molar-refractivity contribution is 0.0160. The van der Waals surface area contributed by atoms with Crippen LogP contribution in [0.4, 0.5) is 5.69 Å². The van der Waals surface area contributed by atoms with Gasteiger partial charge in [-0.2, -0.15) is 5.10 Å². The van der Waals surface area contributed by atoms with Gasteiger partial charge < -0.3 is 15.4 Å². The summed E-state index contributed by atoms with van der Waals surface area (Å²) in [5, 5.41) is 13.5. The largest absolute Gasteiger partial charge is 0.367 e. The van der Waals surface area contributed by atoms with Crippen molar-refractivity contribution in [2.45, 2.75) is 38.0 Å². The lowest BCUT2D eigenvalue weighted by Crippen LogP contribution is -2.33. The Kier molecular flexibility index (Phi) is 4.04. The molecule has 2 aromatic rings. The molecule has 0 radical (unpaired) electrons. The molecule has 3 heterocycles. The number of carbonyl (C=O) groups is 1.